The Labute approximate surface area is 106 Å². The van der Waals surface area contributed by atoms with E-state index in [0.29, 0.717) is 30.3 Å². The van der Waals surface area contributed by atoms with Gasteiger partial charge in [0.1, 0.15) is 0 Å². The molecule has 1 aliphatic carbocycles. The smallest absolute Gasteiger partial charge is 0.248 e. The van der Waals surface area contributed by atoms with Gasteiger partial charge in [-0.2, -0.15) is 0 Å². The minimum atomic E-state index is -0.471. The number of carbonyl (C=O) groups excluding carboxylic acids is 2. The molecule has 0 aromatic heterocycles. The number of rotatable bonds is 6. The summed E-state index contributed by atoms with van der Waals surface area (Å²) < 4.78 is 0. The normalized spacial score (nSPS) is 14.2. The SMILES string of the molecule is NC(=O)c1ccc(NC(=O)CCNC2CC2)cc1. The average molecular weight is 247 g/mol. The van der Waals surface area contributed by atoms with Gasteiger partial charge in [0, 0.05) is 30.3 Å². The summed E-state index contributed by atoms with van der Waals surface area (Å²) >= 11 is 0. The third-order valence-corrected chi connectivity index (χ3v) is 2.82. The van der Waals surface area contributed by atoms with E-state index in [1.165, 1.54) is 12.8 Å². The lowest BCUT2D eigenvalue weighted by molar-refractivity contribution is -0.116. The molecule has 18 heavy (non-hydrogen) atoms. The second kappa shape index (κ2) is 5.64. The van der Waals surface area contributed by atoms with Crippen LogP contribution < -0.4 is 16.4 Å². The standard InChI is InChI=1S/C13H17N3O2/c14-13(18)9-1-3-11(4-2-9)16-12(17)7-8-15-10-5-6-10/h1-4,10,15H,5-8H2,(H2,14,18)(H,16,17). The van der Waals surface area contributed by atoms with Crippen LogP contribution in [-0.4, -0.2) is 24.4 Å². The highest BCUT2D eigenvalue weighted by Gasteiger charge is 2.20. The summed E-state index contributed by atoms with van der Waals surface area (Å²) in [5.41, 5.74) is 6.24. The molecule has 0 aliphatic heterocycles. The van der Waals surface area contributed by atoms with Gasteiger partial charge in [-0.3, -0.25) is 9.59 Å². The number of carbonyl (C=O) groups is 2. The summed E-state index contributed by atoms with van der Waals surface area (Å²) in [6, 6.07) is 7.16. The zero-order valence-electron chi connectivity index (χ0n) is 10.1. The first-order valence-electron chi connectivity index (χ1n) is 6.08. The van der Waals surface area contributed by atoms with Crippen LogP contribution in [0.3, 0.4) is 0 Å². The van der Waals surface area contributed by atoms with Crippen molar-refractivity contribution in [3.63, 3.8) is 0 Å². The van der Waals surface area contributed by atoms with Crippen LogP contribution in [0.25, 0.3) is 0 Å². The number of amides is 2. The van der Waals surface area contributed by atoms with Crippen molar-refractivity contribution in [1.82, 2.24) is 5.32 Å². The summed E-state index contributed by atoms with van der Waals surface area (Å²) in [6.45, 7) is 0.704. The lowest BCUT2D eigenvalue weighted by atomic mass is 10.2. The molecule has 96 valence electrons. The molecule has 5 heteroatoms. The molecule has 5 nitrogen and oxygen atoms in total. The van der Waals surface area contributed by atoms with Crippen molar-refractivity contribution in [3.8, 4) is 0 Å². The van der Waals surface area contributed by atoms with Crippen LogP contribution in [0.1, 0.15) is 29.6 Å². The van der Waals surface area contributed by atoms with Gasteiger partial charge in [-0.1, -0.05) is 0 Å². The number of anilines is 1. The highest BCUT2D eigenvalue weighted by Crippen LogP contribution is 2.18. The highest BCUT2D eigenvalue weighted by atomic mass is 16.2. The second-order valence-electron chi connectivity index (χ2n) is 4.47. The largest absolute Gasteiger partial charge is 0.366 e. The van der Waals surface area contributed by atoms with Crippen LogP contribution in [0, 0.1) is 0 Å². The van der Waals surface area contributed by atoms with Crippen LogP contribution in [-0.2, 0) is 4.79 Å². The quantitative estimate of drug-likeness (QED) is 0.697. The number of primary amides is 1. The number of benzene rings is 1. The molecule has 0 unspecified atom stereocenters. The lowest BCUT2D eigenvalue weighted by Crippen LogP contribution is -2.23. The van der Waals surface area contributed by atoms with E-state index in [0.717, 1.165) is 0 Å². The Morgan fingerprint density at radius 2 is 1.89 bits per heavy atom. The van der Waals surface area contributed by atoms with E-state index in [4.69, 9.17) is 5.73 Å². The Hall–Kier alpha value is -1.88. The molecule has 1 aliphatic rings. The molecule has 4 N–H and O–H groups in total. The molecular weight excluding hydrogens is 230 g/mol. The van der Waals surface area contributed by atoms with E-state index in [1.54, 1.807) is 24.3 Å². The molecule has 1 aromatic rings. The molecule has 1 aromatic carbocycles. The summed E-state index contributed by atoms with van der Waals surface area (Å²) in [5.74, 6) is -0.503. The summed E-state index contributed by atoms with van der Waals surface area (Å²) in [4.78, 5) is 22.5. The first kappa shape index (κ1) is 12.6. The first-order chi connectivity index (χ1) is 8.65. The van der Waals surface area contributed by atoms with Crippen molar-refractivity contribution in [2.45, 2.75) is 25.3 Å². The molecule has 0 heterocycles. The molecule has 1 fully saturated rings. The van der Waals surface area contributed by atoms with Gasteiger partial charge in [0.15, 0.2) is 0 Å². The summed E-state index contributed by atoms with van der Waals surface area (Å²) in [5, 5.41) is 6.05. The maximum absolute atomic E-state index is 11.6. The summed E-state index contributed by atoms with van der Waals surface area (Å²) in [6.07, 6.45) is 2.89. The van der Waals surface area contributed by atoms with Gasteiger partial charge in [0.25, 0.3) is 0 Å². The zero-order chi connectivity index (χ0) is 13.0. The van der Waals surface area contributed by atoms with Gasteiger partial charge in [-0.25, -0.2) is 0 Å². The average Bonchev–Trinajstić information content (AvgIpc) is 3.13. The van der Waals surface area contributed by atoms with E-state index >= 15 is 0 Å². The van der Waals surface area contributed by atoms with Gasteiger partial charge in [0.05, 0.1) is 0 Å². The maximum atomic E-state index is 11.6. The third kappa shape index (κ3) is 3.85. The molecular formula is C13H17N3O2. The minimum Gasteiger partial charge on any atom is -0.366 e. The van der Waals surface area contributed by atoms with Crippen molar-refractivity contribution in [2.24, 2.45) is 5.73 Å². The Morgan fingerprint density at radius 3 is 2.44 bits per heavy atom. The highest BCUT2D eigenvalue weighted by molar-refractivity contribution is 5.94. The fourth-order valence-corrected chi connectivity index (χ4v) is 1.62. The first-order valence-corrected chi connectivity index (χ1v) is 6.08. The topological polar surface area (TPSA) is 84.2 Å². The van der Waals surface area contributed by atoms with Crippen molar-refractivity contribution in [1.29, 1.82) is 0 Å². The predicted molar refractivity (Wildman–Crippen MR) is 69.2 cm³/mol. The monoisotopic (exact) mass is 247 g/mol. The Kier molecular flexibility index (Phi) is 3.94. The van der Waals surface area contributed by atoms with Crippen LogP contribution in [0.15, 0.2) is 24.3 Å². The molecule has 2 rings (SSSR count). The van der Waals surface area contributed by atoms with Gasteiger partial charge in [-0.15, -0.1) is 0 Å². The second-order valence-corrected chi connectivity index (χ2v) is 4.47. The fraction of sp³-hybridized carbons (Fsp3) is 0.385. The van der Waals surface area contributed by atoms with E-state index in [2.05, 4.69) is 10.6 Å². The van der Waals surface area contributed by atoms with E-state index in [9.17, 15) is 9.59 Å². The predicted octanol–water partition coefficient (Wildman–Crippen LogP) is 0.866. The lowest BCUT2D eigenvalue weighted by Gasteiger charge is -2.06. The van der Waals surface area contributed by atoms with E-state index in [1.807, 2.05) is 0 Å². The molecule has 0 saturated heterocycles. The molecule has 0 spiro atoms. The summed E-state index contributed by atoms with van der Waals surface area (Å²) in [7, 11) is 0. The van der Waals surface area contributed by atoms with Crippen LogP contribution in [0.5, 0.6) is 0 Å². The van der Waals surface area contributed by atoms with Gasteiger partial charge >= 0.3 is 0 Å². The number of hydrogen-bond donors (Lipinski definition) is 3. The van der Waals surface area contributed by atoms with Crippen LogP contribution >= 0.6 is 0 Å². The van der Waals surface area contributed by atoms with Crippen molar-refractivity contribution >= 4 is 17.5 Å². The molecule has 0 radical (unpaired) electrons. The van der Waals surface area contributed by atoms with Crippen LogP contribution in [0.4, 0.5) is 5.69 Å². The van der Waals surface area contributed by atoms with Gasteiger partial charge < -0.3 is 16.4 Å². The fourth-order valence-electron chi connectivity index (χ4n) is 1.62. The van der Waals surface area contributed by atoms with Crippen LogP contribution in [0.2, 0.25) is 0 Å². The number of nitrogens with one attached hydrogen (secondary N) is 2. The molecule has 1 saturated carbocycles. The Balaban J connectivity index is 1.76. The zero-order valence-corrected chi connectivity index (χ0v) is 10.1. The van der Waals surface area contributed by atoms with Gasteiger partial charge in [0.2, 0.25) is 11.8 Å². The minimum absolute atomic E-state index is 0.0324. The molecule has 0 bridgehead atoms. The Morgan fingerprint density at radius 1 is 1.22 bits per heavy atom. The molecule has 0 atom stereocenters. The molecule has 2 amide bonds. The van der Waals surface area contributed by atoms with E-state index < -0.39 is 5.91 Å². The van der Waals surface area contributed by atoms with Crippen molar-refractivity contribution in [2.75, 3.05) is 11.9 Å². The van der Waals surface area contributed by atoms with Gasteiger partial charge in [-0.05, 0) is 37.1 Å². The van der Waals surface area contributed by atoms with Crippen molar-refractivity contribution in [3.05, 3.63) is 29.8 Å². The third-order valence-electron chi connectivity index (χ3n) is 2.82. The van der Waals surface area contributed by atoms with E-state index in [-0.39, 0.29) is 5.91 Å². The number of hydrogen-bond acceptors (Lipinski definition) is 3. The van der Waals surface area contributed by atoms with Crippen molar-refractivity contribution < 1.29 is 9.59 Å². The number of nitrogens with two attached hydrogens (primary N) is 1. The Bertz CT molecular complexity index is 438. The maximum Gasteiger partial charge on any atom is 0.248 e.